The highest BCUT2D eigenvalue weighted by molar-refractivity contribution is 5.52. The van der Waals surface area contributed by atoms with E-state index in [1.807, 2.05) is 18.2 Å². The highest BCUT2D eigenvalue weighted by Crippen LogP contribution is 2.31. The lowest BCUT2D eigenvalue weighted by atomic mass is 10.3. The van der Waals surface area contributed by atoms with Crippen LogP contribution in [0.1, 0.15) is 5.69 Å². The highest BCUT2D eigenvalue weighted by Gasteiger charge is 2.15. The summed E-state index contributed by atoms with van der Waals surface area (Å²) in [6, 6.07) is 9.05. The van der Waals surface area contributed by atoms with E-state index in [9.17, 15) is 10.0 Å². The highest BCUT2D eigenvalue weighted by atomic mass is 16.3. The van der Waals surface area contributed by atoms with Crippen molar-refractivity contribution in [3.05, 3.63) is 40.9 Å². The van der Waals surface area contributed by atoms with Gasteiger partial charge in [-0.1, -0.05) is 18.2 Å². The first-order chi connectivity index (χ1) is 7.24. The summed E-state index contributed by atoms with van der Waals surface area (Å²) < 4.78 is 1.32. The number of aromatic nitrogens is 2. The van der Waals surface area contributed by atoms with E-state index in [2.05, 4.69) is 10.3 Å². The van der Waals surface area contributed by atoms with Gasteiger partial charge in [0.2, 0.25) is 5.82 Å². The summed E-state index contributed by atoms with van der Waals surface area (Å²) in [5, 5.41) is 16.3. The Morgan fingerprint density at radius 3 is 2.60 bits per heavy atom. The van der Waals surface area contributed by atoms with Gasteiger partial charge in [0.15, 0.2) is 5.75 Å². The average molecular weight is 203 g/mol. The molecule has 0 spiro atoms. The van der Waals surface area contributed by atoms with Crippen LogP contribution >= 0.6 is 0 Å². The first-order valence-corrected chi connectivity index (χ1v) is 4.41. The number of aromatic hydroxyl groups is 1. The lowest BCUT2D eigenvalue weighted by molar-refractivity contribution is 0.472. The number of rotatable bonds is 2. The number of hydrogen-bond donors (Lipinski definition) is 1. The van der Waals surface area contributed by atoms with Crippen LogP contribution in [-0.2, 0) is 0 Å². The van der Waals surface area contributed by atoms with Gasteiger partial charge < -0.3 is 5.11 Å². The molecule has 0 fully saturated rings. The summed E-state index contributed by atoms with van der Waals surface area (Å²) in [4.78, 5) is 10.6. The zero-order valence-corrected chi connectivity index (χ0v) is 8.08. The zero-order valence-electron chi connectivity index (χ0n) is 8.08. The molecule has 1 aromatic heterocycles. The largest absolute Gasteiger partial charge is 0.503 e. The molecule has 0 bridgehead atoms. The third-order valence-electron chi connectivity index (χ3n) is 2.09. The monoisotopic (exact) mass is 203 g/mol. The van der Waals surface area contributed by atoms with E-state index in [4.69, 9.17) is 0 Å². The fourth-order valence-corrected chi connectivity index (χ4v) is 1.34. The second-order valence-corrected chi connectivity index (χ2v) is 3.10. The van der Waals surface area contributed by atoms with Gasteiger partial charge in [-0.3, -0.25) is 0 Å². The van der Waals surface area contributed by atoms with Crippen LogP contribution in [-0.4, -0.2) is 14.9 Å². The zero-order chi connectivity index (χ0) is 10.8. The number of nitrogens with zero attached hydrogens (tertiary/aromatic N) is 3. The van der Waals surface area contributed by atoms with Crippen molar-refractivity contribution in [1.29, 1.82) is 0 Å². The van der Waals surface area contributed by atoms with E-state index < -0.39 is 0 Å². The third-order valence-corrected chi connectivity index (χ3v) is 2.09. The quantitative estimate of drug-likeness (QED) is 0.761. The van der Waals surface area contributed by atoms with Gasteiger partial charge in [0.05, 0.1) is 5.69 Å². The standard InChI is InChI=1S/C10H9N3O2/c1-7-9(14)10(12-15)13(11-7)8-5-3-2-4-6-8/h2-6,14H,1H3. The van der Waals surface area contributed by atoms with Crippen molar-refractivity contribution in [2.24, 2.45) is 5.18 Å². The normalized spacial score (nSPS) is 10.2. The Balaban J connectivity index is 2.63. The van der Waals surface area contributed by atoms with Crippen molar-refractivity contribution in [3.63, 3.8) is 0 Å². The maximum atomic E-state index is 10.6. The van der Waals surface area contributed by atoms with E-state index in [1.165, 1.54) is 4.68 Å². The second kappa shape index (κ2) is 3.53. The molecule has 0 saturated carbocycles. The molecular weight excluding hydrogens is 194 g/mol. The summed E-state index contributed by atoms with van der Waals surface area (Å²) in [6.45, 7) is 1.61. The van der Waals surface area contributed by atoms with Gasteiger partial charge in [-0.2, -0.15) is 5.10 Å². The molecule has 0 aliphatic heterocycles. The van der Waals surface area contributed by atoms with Gasteiger partial charge in [-0.25, -0.2) is 4.68 Å². The molecule has 1 N–H and O–H groups in total. The Bertz CT molecular complexity index is 491. The van der Waals surface area contributed by atoms with Gasteiger partial charge in [-0.05, 0) is 24.2 Å². The first-order valence-electron chi connectivity index (χ1n) is 4.41. The smallest absolute Gasteiger partial charge is 0.242 e. The molecule has 2 aromatic rings. The summed E-state index contributed by atoms with van der Waals surface area (Å²) in [5.74, 6) is -0.243. The number of hydrogen-bond acceptors (Lipinski definition) is 4. The van der Waals surface area contributed by atoms with Gasteiger partial charge >= 0.3 is 0 Å². The molecule has 1 aromatic carbocycles. The third kappa shape index (κ3) is 1.48. The molecule has 2 rings (SSSR count). The van der Waals surface area contributed by atoms with Gasteiger partial charge in [-0.15, -0.1) is 4.91 Å². The Morgan fingerprint density at radius 1 is 1.33 bits per heavy atom. The Hall–Kier alpha value is -2.17. The minimum absolute atomic E-state index is 0.0706. The predicted octanol–water partition coefficient (Wildman–Crippen LogP) is 2.28. The van der Waals surface area contributed by atoms with Crippen molar-refractivity contribution in [2.45, 2.75) is 6.92 Å². The minimum Gasteiger partial charge on any atom is -0.503 e. The van der Waals surface area contributed by atoms with Crippen molar-refractivity contribution >= 4 is 5.82 Å². The molecule has 0 unspecified atom stereocenters. The molecule has 76 valence electrons. The van der Waals surface area contributed by atoms with E-state index in [0.717, 1.165) is 0 Å². The van der Waals surface area contributed by atoms with Crippen molar-refractivity contribution in [1.82, 2.24) is 9.78 Å². The van der Waals surface area contributed by atoms with E-state index in [0.29, 0.717) is 11.4 Å². The molecule has 15 heavy (non-hydrogen) atoms. The van der Waals surface area contributed by atoms with Gasteiger partial charge in [0, 0.05) is 0 Å². The maximum Gasteiger partial charge on any atom is 0.242 e. The summed E-state index contributed by atoms with van der Waals surface area (Å²) in [6.07, 6.45) is 0. The summed E-state index contributed by atoms with van der Waals surface area (Å²) in [5.41, 5.74) is 1.07. The van der Waals surface area contributed by atoms with E-state index >= 15 is 0 Å². The predicted molar refractivity (Wildman–Crippen MR) is 55.4 cm³/mol. The van der Waals surface area contributed by atoms with E-state index in [1.54, 1.807) is 19.1 Å². The molecule has 5 heteroatoms. The van der Waals surface area contributed by atoms with Crippen LogP contribution in [0.15, 0.2) is 35.5 Å². The van der Waals surface area contributed by atoms with Crippen LogP contribution in [0, 0.1) is 11.8 Å². The van der Waals surface area contributed by atoms with Gasteiger partial charge in [0.25, 0.3) is 0 Å². The van der Waals surface area contributed by atoms with Crippen LogP contribution in [0.3, 0.4) is 0 Å². The fourth-order valence-electron chi connectivity index (χ4n) is 1.34. The molecule has 0 amide bonds. The molecule has 0 aliphatic carbocycles. The van der Waals surface area contributed by atoms with Crippen molar-refractivity contribution in [2.75, 3.05) is 0 Å². The SMILES string of the molecule is Cc1nn(-c2ccccc2)c(N=O)c1O. The molecule has 0 saturated heterocycles. The lowest BCUT2D eigenvalue weighted by Crippen LogP contribution is -1.95. The average Bonchev–Trinajstić information content (AvgIpc) is 2.56. The topological polar surface area (TPSA) is 67.5 Å². The van der Waals surface area contributed by atoms with Crippen LogP contribution in [0.2, 0.25) is 0 Å². The van der Waals surface area contributed by atoms with Crippen LogP contribution in [0.4, 0.5) is 5.82 Å². The Kier molecular flexibility index (Phi) is 2.21. The molecule has 1 heterocycles. The molecule has 0 aliphatic rings. The molecule has 0 atom stereocenters. The lowest BCUT2D eigenvalue weighted by Gasteiger charge is -2.00. The molecule has 0 radical (unpaired) electrons. The van der Waals surface area contributed by atoms with E-state index in [-0.39, 0.29) is 11.6 Å². The van der Waals surface area contributed by atoms with Crippen LogP contribution in [0.5, 0.6) is 5.75 Å². The summed E-state index contributed by atoms with van der Waals surface area (Å²) in [7, 11) is 0. The number of benzene rings is 1. The molecular formula is C10H9N3O2. The minimum atomic E-state index is -0.172. The van der Waals surface area contributed by atoms with Crippen molar-refractivity contribution < 1.29 is 5.11 Å². The Morgan fingerprint density at radius 2 is 2.00 bits per heavy atom. The fraction of sp³-hybridized carbons (Fsp3) is 0.100. The number of nitroso groups, excluding NO2 is 1. The Labute approximate surface area is 85.9 Å². The molecule has 5 nitrogen and oxygen atoms in total. The van der Waals surface area contributed by atoms with Crippen molar-refractivity contribution in [3.8, 4) is 11.4 Å². The number of para-hydroxylation sites is 1. The summed E-state index contributed by atoms with van der Waals surface area (Å²) >= 11 is 0. The van der Waals surface area contributed by atoms with Crippen LogP contribution in [0.25, 0.3) is 5.69 Å². The first kappa shape index (κ1) is 9.39. The number of aryl methyl sites for hydroxylation is 1. The van der Waals surface area contributed by atoms with Gasteiger partial charge in [0.1, 0.15) is 5.69 Å². The van der Waals surface area contributed by atoms with Crippen LogP contribution < -0.4 is 0 Å². The maximum absolute atomic E-state index is 10.6. The second-order valence-electron chi connectivity index (χ2n) is 3.10.